The molecule has 36 heavy (non-hydrogen) atoms. The number of hydrogen-bond donors (Lipinski definition) is 5. The van der Waals surface area contributed by atoms with Gasteiger partial charge in [0.15, 0.2) is 11.5 Å². The molecule has 16 heteroatoms. The number of nitrogens with two attached hydrogens (primary N) is 2. The minimum Gasteiger partial charge on any atom is -0.475 e. The highest BCUT2D eigenvalue weighted by Crippen LogP contribution is 2.40. The number of hydrogen-bond acceptors (Lipinski definition) is 7. The maximum atomic E-state index is 13.4. The number of primary amides is 1. The first-order valence-electron chi connectivity index (χ1n) is 9.67. The number of benzene rings is 1. The summed E-state index contributed by atoms with van der Waals surface area (Å²) in [5.41, 5.74) is 6.24. The van der Waals surface area contributed by atoms with Crippen molar-refractivity contribution >= 4 is 23.6 Å². The molecule has 2 rings (SSSR count). The summed E-state index contributed by atoms with van der Waals surface area (Å²) in [6.45, 7) is 5.02. The van der Waals surface area contributed by atoms with Gasteiger partial charge in [-0.3, -0.25) is 9.59 Å². The Morgan fingerprint density at radius 1 is 1.08 bits per heavy atom. The Hall–Kier alpha value is -3.95. The summed E-state index contributed by atoms with van der Waals surface area (Å²) in [6.07, 6.45) is -9.26. The number of carboxylic acid groups (broad SMARTS) is 1. The molecule has 0 saturated heterocycles. The second kappa shape index (κ2) is 10.8. The molecule has 10 nitrogen and oxygen atoms in total. The van der Waals surface area contributed by atoms with Crippen molar-refractivity contribution in [3.05, 3.63) is 41.2 Å². The second-order valence-corrected chi connectivity index (χ2v) is 7.52. The van der Waals surface area contributed by atoms with Crippen molar-refractivity contribution in [3.63, 3.8) is 0 Å². The van der Waals surface area contributed by atoms with E-state index < -0.39 is 41.3 Å². The van der Waals surface area contributed by atoms with E-state index in [-0.39, 0.29) is 28.8 Å². The minimum absolute atomic E-state index is 0.0291. The molecule has 1 aromatic carbocycles. The van der Waals surface area contributed by atoms with Crippen molar-refractivity contribution in [2.45, 2.75) is 44.8 Å². The van der Waals surface area contributed by atoms with E-state index in [0.29, 0.717) is 5.56 Å². The van der Waals surface area contributed by atoms with Crippen molar-refractivity contribution in [2.24, 2.45) is 5.73 Å². The molecule has 0 spiro atoms. The Morgan fingerprint density at radius 3 is 2.03 bits per heavy atom. The number of anilines is 1. The van der Waals surface area contributed by atoms with Crippen LogP contribution >= 0.6 is 0 Å². The summed E-state index contributed by atoms with van der Waals surface area (Å²) in [5, 5.41) is 19.7. The fourth-order valence-corrected chi connectivity index (χ4v) is 2.59. The van der Waals surface area contributed by atoms with Crippen molar-refractivity contribution in [1.29, 1.82) is 0 Å². The van der Waals surface area contributed by atoms with Gasteiger partial charge in [0.05, 0.1) is 11.9 Å². The SMILES string of the molecule is Cc1ccc(C(O)(C(N)=O)C(F)(F)F)cc1-c1cnc(N)c(C(=O)NC(C)C)n1.O=C(O)C(F)(F)F. The molecule has 1 aromatic heterocycles. The maximum absolute atomic E-state index is 13.4. The van der Waals surface area contributed by atoms with Crippen molar-refractivity contribution in [3.8, 4) is 11.3 Å². The predicted octanol–water partition coefficient (Wildman–Crippen LogP) is 2.04. The third kappa shape index (κ3) is 6.80. The number of nitrogens with one attached hydrogen (secondary N) is 1. The average Bonchev–Trinajstić information content (AvgIpc) is 2.72. The molecule has 0 bridgehead atoms. The van der Waals surface area contributed by atoms with Gasteiger partial charge in [-0.2, -0.15) is 26.3 Å². The van der Waals surface area contributed by atoms with Crippen LogP contribution in [0.2, 0.25) is 0 Å². The molecule has 198 valence electrons. The number of alkyl halides is 6. The lowest BCUT2D eigenvalue weighted by Crippen LogP contribution is -2.52. The lowest BCUT2D eigenvalue weighted by atomic mass is 9.89. The number of carboxylic acids is 1. The van der Waals surface area contributed by atoms with Gasteiger partial charge in [-0.05, 0) is 32.4 Å². The highest BCUT2D eigenvalue weighted by molar-refractivity contribution is 5.97. The maximum Gasteiger partial charge on any atom is 0.490 e. The zero-order chi connectivity index (χ0) is 28.2. The Bertz CT molecular complexity index is 1150. The molecule has 0 saturated carbocycles. The molecule has 7 N–H and O–H groups in total. The van der Waals surface area contributed by atoms with Gasteiger partial charge in [-0.1, -0.05) is 12.1 Å². The average molecular weight is 525 g/mol. The van der Waals surface area contributed by atoms with Gasteiger partial charge in [-0.15, -0.1) is 0 Å². The van der Waals surface area contributed by atoms with E-state index in [1.54, 1.807) is 20.8 Å². The molecule has 0 aliphatic heterocycles. The number of nitrogens with zero attached hydrogens (tertiary/aromatic N) is 2. The van der Waals surface area contributed by atoms with Gasteiger partial charge in [0, 0.05) is 17.2 Å². The third-order valence-electron chi connectivity index (χ3n) is 4.38. The first-order valence-corrected chi connectivity index (χ1v) is 9.67. The summed E-state index contributed by atoms with van der Waals surface area (Å²) >= 11 is 0. The Kier molecular flexibility index (Phi) is 8.99. The van der Waals surface area contributed by atoms with E-state index in [4.69, 9.17) is 21.4 Å². The van der Waals surface area contributed by atoms with E-state index in [9.17, 15) is 41.0 Å². The molecule has 1 heterocycles. The number of aryl methyl sites for hydroxylation is 1. The van der Waals surface area contributed by atoms with E-state index >= 15 is 0 Å². The van der Waals surface area contributed by atoms with Gasteiger partial charge < -0.3 is 27.0 Å². The molecule has 0 aliphatic carbocycles. The number of amides is 2. The Morgan fingerprint density at radius 2 is 1.61 bits per heavy atom. The lowest BCUT2D eigenvalue weighted by Gasteiger charge is -2.28. The van der Waals surface area contributed by atoms with Crippen molar-refractivity contribution in [1.82, 2.24) is 15.3 Å². The largest absolute Gasteiger partial charge is 0.490 e. The third-order valence-corrected chi connectivity index (χ3v) is 4.38. The number of carbonyl (C=O) groups is 3. The number of rotatable bonds is 5. The molecule has 0 fully saturated rings. The van der Waals surface area contributed by atoms with Crippen LogP contribution in [-0.2, 0) is 15.2 Å². The van der Waals surface area contributed by atoms with E-state index in [0.717, 1.165) is 12.1 Å². The number of aliphatic hydroxyl groups is 1. The molecule has 0 aliphatic rings. The van der Waals surface area contributed by atoms with Crippen molar-refractivity contribution < 1.29 is 50.9 Å². The van der Waals surface area contributed by atoms with Gasteiger partial charge in [0.2, 0.25) is 0 Å². The smallest absolute Gasteiger partial charge is 0.475 e. The van der Waals surface area contributed by atoms with Crippen LogP contribution in [0.25, 0.3) is 11.3 Å². The van der Waals surface area contributed by atoms with Gasteiger partial charge in [0.25, 0.3) is 17.4 Å². The Balaban J connectivity index is 0.000000809. The van der Waals surface area contributed by atoms with Crippen LogP contribution in [0.1, 0.15) is 35.5 Å². The first kappa shape index (κ1) is 30.1. The minimum atomic E-state index is -5.35. The molecule has 2 aromatic rings. The lowest BCUT2D eigenvalue weighted by molar-refractivity contribution is -0.255. The first-order chi connectivity index (χ1) is 16.2. The Labute approximate surface area is 199 Å². The molecular formula is C20H21F6N5O5. The standard InChI is InChI=1S/C18H20F3N5O3.C2HF3O2/c1-8(2)25-15(27)13-14(22)24-7-12(26-13)11-6-10(5-4-9(11)3)17(29,16(23)28)18(19,20)21;3-2(4,5)1(6)7/h4-8,29H,1-3H3,(H2,22,24)(H2,23,28)(H,25,27);(H,6,7). The number of halogens is 6. The predicted molar refractivity (Wildman–Crippen MR) is 112 cm³/mol. The van der Waals surface area contributed by atoms with E-state index in [2.05, 4.69) is 15.3 Å². The van der Waals surface area contributed by atoms with Crippen LogP contribution in [0.3, 0.4) is 0 Å². The number of carbonyl (C=O) groups excluding carboxylic acids is 2. The zero-order valence-corrected chi connectivity index (χ0v) is 18.8. The number of aliphatic carboxylic acids is 1. The molecule has 2 amide bonds. The van der Waals surface area contributed by atoms with Gasteiger partial charge in [0.1, 0.15) is 0 Å². The fraction of sp³-hybridized carbons (Fsp3) is 0.350. The molecule has 1 atom stereocenters. The summed E-state index contributed by atoms with van der Waals surface area (Å²) in [7, 11) is 0. The molecule has 1 unspecified atom stereocenters. The van der Waals surface area contributed by atoms with Crippen LogP contribution in [0.4, 0.5) is 32.2 Å². The van der Waals surface area contributed by atoms with Crippen LogP contribution < -0.4 is 16.8 Å². The summed E-state index contributed by atoms with van der Waals surface area (Å²) in [5.74, 6) is -5.50. The summed E-state index contributed by atoms with van der Waals surface area (Å²) in [6, 6.07) is 2.91. The normalized spacial score (nSPS) is 13.3. The van der Waals surface area contributed by atoms with Crippen LogP contribution in [0.5, 0.6) is 0 Å². The van der Waals surface area contributed by atoms with E-state index in [1.165, 1.54) is 12.3 Å². The number of aromatic nitrogens is 2. The van der Waals surface area contributed by atoms with Crippen LogP contribution in [-0.4, -0.2) is 56.4 Å². The van der Waals surface area contributed by atoms with Crippen LogP contribution in [0, 0.1) is 6.92 Å². The van der Waals surface area contributed by atoms with Crippen LogP contribution in [0.15, 0.2) is 24.4 Å². The molecular weight excluding hydrogens is 504 g/mol. The van der Waals surface area contributed by atoms with E-state index in [1.807, 2.05) is 0 Å². The fourth-order valence-electron chi connectivity index (χ4n) is 2.59. The van der Waals surface area contributed by atoms with Gasteiger partial charge in [-0.25, -0.2) is 14.8 Å². The topological polar surface area (TPSA) is 182 Å². The van der Waals surface area contributed by atoms with Crippen molar-refractivity contribution in [2.75, 3.05) is 5.73 Å². The van der Waals surface area contributed by atoms with Gasteiger partial charge >= 0.3 is 18.3 Å². The quantitative estimate of drug-likeness (QED) is 0.368. The number of nitrogen functional groups attached to an aromatic ring is 1. The summed E-state index contributed by atoms with van der Waals surface area (Å²) < 4.78 is 71.9. The second-order valence-electron chi connectivity index (χ2n) is 7.52. The highest BCUT2D eigenvalue weighted by Gasteiger charge is 2.60. The zero-order valence-electron chi connectivity index (χ0n) is 18.8. The molecule has 0 radical (unpaired) electrons. The highest BCUT2D eigenvalue weighted by atomic mass is 19.4. The summed E-state index contributed by atoms with van der Waals surface area (Å²) in [4.78, 5) is 40.6. The monoisotopic (exact) mass is 525 g/mol.